The van der Waals surface area contributed by atoms with Gasteiger partial charge in [-0.25, -0.2) is 5.10 Å². The Bertz CT molecular complexity index is 612. The van der Waals surface area contributed by atoms with E-state index >= 15 is 0 Å². The van der Waals surface area contributed by atoms with Gasteiger partial charge in [0.25, 0.3) is 0 Å². The van der Waals surface area contributed by atoms with E-state index in [9.17, 15) is 0 Å². The lowest BCUT2D eigenvalue weighted by molar-refractivity contribution is 0.588. The number of H-pyrrole nitrogens is 1. The molecule has 0 unspecified atom stereocenters. The Morgan fingerprint density at radius 2 is 2.16 bits per heavy atom. The van der Waals surface area contributed by atoms with Crippen LogP contribution in [-0.4, -0.2) is 21.3 Å². The molecule has 1 N–H and O–H groups in total. The van der Waals surface area contributed by atoms with Gasteiger partial charge in [0.1, 0.15) is 0 Å². The van der Waals surface area contributed by atoms with Crippen LogP contribution in [0.1, 0.15) is 32.4 Å². The summed E-state index contributed by atoms with van der Waals surface area (Å²) in [6, 6.07) is 8.69. The van der Waals surface area contributed by atoms with Gasteiger partial charge in [-0.3, -0.25) is 4.57 Å². The molecule has 0 fully saturated rings. The van der Waals surface area contributed by atoms with Crippen LogP contribution in [0.4, 0.5) is 11.6 Å². The van der Waals surface area contributed by atoms with Crippen LogP contribution in [0.15, 0.2) is 24.3 Å². The first-order valence-corrected chi connectivity index (χ1v) is 6.96. The number of aryl methyl sites for hydroxylation is 1. The Morgan fingerprint density at radius 3 is 2.74 bits per heavy atom. The highest BCUT2D eigenvalue weighted by Crippen LogP contribution is 2.26. The van der Waals surface area contributed by atoms with E-state index in [0.717, 1.165) is 18.2 Å². The standard InChI is InChI=1S/C14H20N4S/c1-5-17(12-8-6-7-11(4)9-12)13-15-16-14(19)18(13)10(2)3/h6-10H,5H2,1-4H3,(H,16,19). The molecule has 0 spiro atoms. The van der Waals surface area contributed by atoms with Crippen LogP contribution >= 0.6 is 12.2 Å². The number of hydrogen-bond donors (Lipinski definition) is 1. The number of hydrogen-bond acceptors (Lipinski definition) is 3. The predicted molar refractivity (Wildman–Crippen MR) is 81.7 cm³/mol. The maximum atomic E-state index is 5.31. The molecule has 0 aliphatic rings. The summed E-state index contributed by atoms with van der Waals surface area (Å²) in [6.07, 6.45) is 0. The molecule has 0 radical (unpaired) electrons. The number of anilines is 2. The Balaban J connectivity index is 2.52. The summed E-state index contributed by atoms with van der Waals surface area (Å²) in [5.41, 5.74) is 2.37. The summed E-state index contributed by atoms with van der Waals surface area (Å²) in [4.78, 5) is 2.17. The second kappa shape index (κ2) is 5.57. The largest absolute Gasteiger partial charge is 0.311 e. The normalized spacial score (nSPS) is 11.0. The fourth-order valence-corrected chi connectivity index (χ4v) is 2.53. The second-order valence-electron chi connectivity index (χ2n) is 4.88. The molecule has 0 saturated carbocycles. The average molecular weight is 276 g/mol. The Morgan fingerprint density at radius 1 is 1.42 bits per heavy atom. The second-order valence-corrected chi connectivity index (χ2v) is 5.26. The van der Waals surface area contributed by atoms with Crippen LogP contribution in [-0.2, 0) is 0 Å². The minimum atomic E-state index is 0.278. The molecule has 1 heterocycles. The van der Waals surface area contributed by atoms with E-state index in [0.29, 0.717) is 4.77 Å². The van der Waals surface area contributed by atoms with Crippen molar-refractivity contribution in [2.75, 3.05) is 11.4 Å². The van der Waals surface area contributed by atoms with Crippen molar-refractivity contribution in [1.29, 1.82) is 0 Å². The van der Waals surface area contributed by atoms with E-state index in [1.807, 2.05) is 4.57 Å². The third kappa shape index (κ3) is 2.71. The molecule has 0 bridgehead atoms. The van der Waals surface area contributed by atoms with Gasteiger partial charge in [0.05, 0.1) is 0 Å². The van der Waals surface area contributed by atoms with Gasteiger partial charge in [-0.1, -0.05) is 12.1 Å². The van der Waals surface area contributed by atoms with Crippen LogP contribution in [0.3, 0.4) is 0 Å². The van der Waals surface area contributed by atoms with Gasteiger partial charge < -0.3 is 4.90 Å². The summed E-state index contributed by atoms with van der Waals surface area (Å²) in [7, 11) is 0. The van der Waals surface area contributed by atoms with Crippen LogP contribution in [0, 0.1) is 11.7 Å². The molecule has 0 saturated heterocycles. The van der Waals surface area contributed by atoms with E-state index in [1.54, 1.807) is 0 Å². The van der Waals surface area contributed by atoms with Crippen molar-refractivity contribution >= 4 is 23.9 Å². The van der Waals surface area contributed by atoms with E-state index in [4.69, 9.17) is 12.2 Å². The summed E-state index contributed by atoms with van der Waals surface area (Å²) in [5.74, 6) is 0.869. The minimum absolute atomic E-state index is 0.278. The van der Waals surface area contributed by atoms with Crippen molar-refractivity contribution < 1.29 is 0 Å². The van der Waals surface area contributed by atoms with E-state index in [2.05, 4.69) is 67.1 Å². The number of nitrogens with one attached hydrogen (secondary N) is 1. The van der Waals surface area contributed by atoms with Crippen molar-refractivity contribution in [2.24, 2.45) is 0 Å². The van der Waals surface area contributed by atoms with Crippen LogP contribution in [0.25, 0.3) is 0 Å². The maximum absolute atomic E-state index is 5.31. The molecule has 1 aromatic heterocycles. The summed E-state index contributed by atoms with van der Waals surface area (Å²) < 4.78 is 2.71. The molecule has 2 rings (SSSR count). The first kappa shape index (κ1) is 13.8. The fourth-order valence-electron chi connectivity index (χ4n) is 2.19. The third-order valence-electron chi connectivity index (χ3n) is 3.07. The van der Waals surface area contributed by atoms with Crippen LogP contribution < -0.4 is 4.90 Å². The van der Waals surface area contributed by atoms with E-state index in [1.165, 1.54) is 5.56 Å². The highest BCUT2D eigenvalue weighted by molar-refractivity contribution is 7.71. The lowest BCUT2D eigenvalue weighted by atomic mass is 10.2. The number of rotatable bonds is 4. The predicted octanol–water partition coefficient (Wildman–Crippen LogP) is 3.99. The SMILES string of the molecule is CCN(c1cccc(C)c1)c1n[nH]c(=S)n1C(C)C. The van der Waals surface area contributed by atoms with Gasteiger partial charge in [0, 0.05) is 18.3 Å². The van der Waals surface area contributed by atoms with Crippen molar-refractivity contribution in [1.82, 2.24) is 14.8 Å². The molecule has 0 aliphatic heterocycles. The quantitative estimate of drug-likeness (QED) is 0.858. The van der Waals surface area contributed by atoms with Crippen molar-refractivity contribution in [3.05, 3.63) is 34.6 Å². The Hall–Kier alpha value is -1.62. The summed E-state index contributed by atoms with van der Waals surface area (Å²) in [5, 5.41) is 7.28. The molecule has 1 aromatic carbocycles. The highest BCUT2D eigenvalue weighted by Gasteiger charge is 2.16. The molecule has 19 heavy (non-hydrogen) atoms. The van der Waals surface area contributed by atoms with Gasteiger partial charge >= 0.3 is 0 Å². The molecule has 2 aromatic rings. The van der Waals surface area contributed by atoms with Gasteiger partial charge in [-0.2, -0.15) is 0 Å². The number of aromatic amines is 1. The number of aromatic nitrogens is 3. The van der Waals surface area contributed by atoms with Gasteiger partial charge in [-0.15, -0.1) is 5.10 Å². The van der Waals surface area contributed by atoms with Gasteiger partial charge in [0.15, 0.2) is 4.77 Å². The highest BCUT2D eigenvalue weighted by atomic mass is 32.1. The molecular weight excluding hydrogens is 256 g/mol. The molecule has 0 atom stereocenters. The molecule has 5 heteroatoms. The first-order chi connectivity index (χ1) is 9.04. The van der Waals surface area contributed by atoms with Gasteiger partial charge in [0.2, 0.25) is 5.95 Å². The third-order valence-corrected chi connectivity index (χ3v) is 3.36. The van der Waals surface area contributed by atoms with Gasteiger partial charge in [-0.05, 0) is 57.6 Å². The smallest absolute Gasteiger partial charge is 0.230 e. The molecule has 4 nitrogen and oxygen atoms in total. The Labute approximate surface area is 119 Å². The molecule has 0 amide bonds. The lowest BCUT2D eigenvalue weighted by Crippen LogP contribution is -2.21. The summed E-state index contributed by atoms with van der Waals surface area (Å²) in [6.45, 7) is 9.27. The Kier molecular flexibility index (Phi) is 4.04. The number of benzene rings is 1. The molecule has 0 aliphatic carbocycles. The van der Waals surface area contributed by atoms with Crippen LogP contribution in [0.5, 0.6) is 0 Å². The zero-order chi connectivity index (χ0) is 14.0. The van der Waals surface area contributed by atoms with E-state index in [-0.39, 0.29) is 6.04 Å². The molecule has 102 valence electrons. The number of nitrogens with zero attached hydrogens (tertiary/aromatic N) is 3. The lowest BCUT2D eigenvalue weighted by Gasteiger charge is -2.24. The monoisotopic (exact) mass is 276 g/mol. The van der Waals surface area contributed by atoms with Crippen molar-refractivity contribution in [3.8, 4) is 0 Å². The van der Waals surface area contributed by atoms with E-state index < -0.39 is 0 Å². The first-order valence-electron chi connectivity index (χ1n) is 6.55. The fraction of sp³-hybridized carbons (Fsp3) is 0.429. The summed E-state index contributed by atoms with van der Waals surface area (Å²) >= 11 is 5.31. The van der Waals surface area contributed by atoms with Crippen LogP contribution in [0.2, 0.25) is 0 Å². The van der Waals surface area contributed by atoms with Crippen molar-refractivity contribution in [2.45, 2.75) is 33.7 Å². The topological polar surface area (TPSA) is 36.9 Å². The maximum Gasteiger partial charge on any atom is 0.230 e. The zero-order valence-corrected chi connectivity index (χ0v) is 12.7. The van der Waals surface area contributed by atoms with Crippen molar-refractivity contribution in [3.63, 3.8) is 0 Å². The average Bonchev–Trinajstić information content (AvgIpc) is 2.72. The zero-order valence-electron chi connectivity index (χ0n) is 11.8. The minimum Gasteiger partial charge on any atom is -0.311 e. The molecular formula is C14H20N4S.